The first-order chi connectivity index (χ1) is 3.39. The maximum Gasteiger partial charge on any atom is 0.0219 e. The molecule has 0 amide bonds. The molecule has 2 N–H and O–H groups in total. The summed E-state index contributed by atoms with van der Waals surface area (Å²) < 4.78 is 0. The molecule has 0 saturated carbocycles. The third kappa shape index (κ3) is 1.67. The van der Waals surface area contributed by atoms with Gasteiger partial charge in [-0.1, -0.05) is 0 Å². The van der Waals surface area contributed by atoms with Crippen molar-refractivity contribution in [3.05, 3.63) is 0 Å². The first-order valence-corrected chi connectivity index (χ1v) is 3.62. The predicted octanol–water partition coefficient (Wildman–Crippen LogP) is -0.0911. The van der Waals surface area contributed by atoms with E-state index < -0.39 is 0 Å². The highest BCUT2D eigenvalue weighted by atomic mass is 32.2. The standard InChI is InChI=1S/C4H10N2S/c5-6-1-3-7-4-2-6/h1-5H2. The van der Waals surface area contributed by atoms with Crippen LogP contribution in [0.1, 0.15) is 0 Å². The lowest BCUT2D eigenvalue weighted by molar-refractivity contribution is 0.315. The second-order valence-corrected chi connectivity index (χ2v) is 2.87. The van der Waals surface area contributed by atoms with Crippen molar-refractivity contribution < 1.29 is 0 Å². The highest BCUT2D eigenvalue weighted by Crippen LogP contribution is 2.04. The Hall–Kier alpha value is 0.270. The Kier molecular flexibility index (Phi) is 1.97. The van der Waals surface area contributed by atoms with Crippen LogP contribution < -0.4 is 5.84 Å². The normalized spacial score (nSPS) is 25.3. The second kappa shape index (κ2) is 2.55. The predicted molar refractivity (Wildman–Crippen MR) is 33.1 cm³/mol. The van der Waals surface area contributed by atoms with E-state index in [-0.39, 0.29) is 0 Å². The molecule has 0 bridgehead atoms. The van der Waals surface area contributed by atoms with Gasteiger partial charge in [-0.05, 0) is 0 Å². The zero-order valence-corrected chi connectivity index (χ0v) is 5.08. The van der Waals surface area contributed by atoms with Gasteiger partial charge >= 0.3 is 0 Å². The molecule has 1 aliphatic rings. The van der Waals surface area contributed by atoms with Crippen LogP contribution in [-0.2, 0) is 0 Å². The third-order valence-electron chi connectivity index (χ3n) is 1.05. The molecule has 1 rings (SSSR count). The van der Waals surface area contributed by atoms with Crippen LogP contribution in [0.15, 0.2) is 0 Å². The fraction of sp³-hybridized carbons (Fsp3) is 1.00. The molecular weight excluding hydrogens is 108 g/mol. The Bertz CT molecular complexity index is 51.7. The van der Waals surface area contributed by atoms with Crippen LogP contribution in [0.4, 0.5) is 0 Å². The first-order valence-electron chi connectivity index (χ1n) is 2.47. The van der Waals surface area contributed by atoms with Gasteiger partial charge in [0.15, 0.2) is 0 Å². The molecule has 7 heavy (non-hydrogen) atoms. The average Bonchev–Trinajstić information content (AvgIpc) is 1.69. The monoisotopic (exact) mass is 118 g/mol. The van der Waals surface area contributed by atoms with Crippen molar-refractivity contribution in [2.75, 3.05) is 24.6 Å². The summed E-state index contributed by atoms with van der Waals surface area (Å²) in [7, 11) is 0. The zero-order chi connectivity index (χ0) is 5.11. The van der Waals surface area contributed by atoms with Crippen molar-refractivity contribution in [3.63, 3.8) is 0 Å². The molecular formula is C4H10N2S. The van der Waals surface area contributed by atoms with Gasteiger partial charge < -0.3 is 0 Å². The summed E-state index contributed by atoms with van der Waals surface area (Å²) in [4.78, 5) is 0. The quantitative estimate of drug-likeness (QED) is 0.451. The van der Waals surface area contributed by atoms with Gasteiger partial charge in [0, 0.05) is 24.6 Å². The SMILES string of the molecule is NN1CCSCC1. The topological polar surface area (TPSA) is 29.3 Å². The van der Waals surface area contributed by atoms with Crippen LogP contribution in [0, 0.1) is 0 Å². The molecule has 0 unspecified atom stereocenters. The zero-order valence-electron chi connectivity index (χ0n) is 4.26. The number of nitrogens with zero attached hydrogens (tertiary/aromatic N) is 1. The van der Waals surface area contributed by atoms with Gasteiger partial charge in [-0.25, -0.2) is 5.01 Å². The van der Waals surface area contributed by atoms with Crippen molar-refractivity contribution in [3.8, 4) is 0 Å². The number of rotatable bonds is 0. The molecule has 3 heteroatoms. The number of hydrogen-bond acceptors (Lipinski definition) is 3. The van der Waals surface area contributed by atoms with Gasteiger partial charge in [0.25, 0.3) is 0 Å². The number of hydrogen-bond donors (Lipinski definition) is 1. The highest BCUT2D eigenvalue weighted by Gasteiger charge is 2.03. The van der Waals surface area contributed by atoms with Gasteiger partial charge in [0.05, 0.1) is 0 Å². The van der Waals surface area contributed by atoms with Crippen molar-refractivity contribution in [1.82, 2.24) is 5.01 Å². The number of nitrogens with two attached hydrogens (primary N) is 1. The molecule has 0 aliphatic carbocycles. The van der Waals surface area contributed by atoms with Crippen molar-refractivity contribution in [1.29, 1.82) is 0 Å². The van der Waals surface area contributed by atoms with E-state index in [1.807, 2.05) is 16.8 Å². The largest absolute Gasteiger partial charge is 0.269 e. The number of hydrazine groups is 1. The maximum absolute atomic E-state index is 5.45. The average molecular weight is 118 g/mol. The van der Waals surface area contributed by atoms with E-state index in [2.05, 4.69) is 0 Å². The first kappa shape index (κ1) is 5.41. The lowest BCUT2D eigenvalue weighted by Gasteiger charge is -2.19. The summed E-state index contributed by atoms with van der Waals surface area (Å²) in [6.07, 6.45) is 0. The maximum atomic E-state index is 5.45. The van der Waals surface area contributed by atoms with Crippen LogP contribution in [0.2, 0.25) is 0 Å². The third-order valence-corrected chi connectivity index (χ3v) is 1.99. The van der Waals surface area contributed by atoms with Crippen LogP contribution in [0.5, 0.6) is 0 Å². The lowest BCUT2D eigenvalue weighted by Crippen LogP contribution is -2.38. The van der Waals surface area contributed by atoms with Gasteiger partial charge in [0.1, 0.15) is 0 Å². The summed E-state index contributed by atoms with van der Waals surface area (Å²) in [6, 6.07) is 0. The summed E-state index contributed by atoms with van der Waals surface area (Å²) in [6.45, 7) is 2.12. The Labute approximate surface area is 48.0 Å². The summed E-state index contributed by atoms with van der Waals surface area (Å²) in [5.41, 5.74) is 0. The van der Waals surface area contributed by atoms with E-state index in [9.17, 15) is 0 Å². The van der Waals surface area contributed by atoms with Crippen LogP contribution in [0.3, 0.4) is 0 Å². The Balaban J connectivity index is 2.12. The Morgan fingerprint density at radius 2 is 1.86 bits per heavy atom. The molecule has 1 aliphatic heterocycles. The fourth-order valence-corrected chi connectivity index (χ4v) is 1.51. The van der Waals surface area contributed by atoms with Crippen LogP contribution >= 0.6 is 11.8 Å². The molecule has 2 nitrogen and oxygen atoms in total. The van der Waals surface area contributed by atoms with Crippen molar-refractivity contribution >= 4 is 11.8 Å². The summed E-state index contributed by atoms with van der Waals surface area (Å²) >= 11 is 1.98. The van der Waals surface area contributed by atoms with Gasteiger partial charge in [-0.2, -0.15) is 11.8 Å². The lowest BCUT2D eigenvalue weighted by atomic mass is 10.6. The molecule has 0 aromatic carbocycles. The molecule has 1 heterocycles. The van der Waals surface area contributed by atoms with Gasteiger partial charge in [-0.3, -0.25) is 5.84 Å². The molecule has 0 atom stereocenters. The molecule has 1 fully saturated rings. The molecule has 0 aromatic heterocycles. The fourth-order valence-electron chi connectivity index (χ4n) is 0.577. The second-order valence-electron chi connectivity index (χ2n) is 1.65. The molecule has 0 spiro atoms. The van der Waals surface area contributed by atoms with E-state index >= 15 is 0 Å². The minimum absolute atomic E-state index is 1.06. The van der Waals surface area contributed by atoms with E-state index in [4.69, 9.17) is 5.84 Å². The molecule has 0 radical (unpaired) electrons. The van der Waals surface area contributed by atoms with Crippen LogP contribution in [-0.4, -0.2) is 29.6 Å². The highest BCUT2D eigenvalue weighted by molar-refractivity contribution is 7.99. The Morgan fingerprint density at radius 1 is 1.29 bits per heavy atom. The Morgan fingerprint density at radius 3 is 2.14 bits per heavy atom. The van der Waals surface area contributed by atoms with Crippen LogP contribution in [0.25, 0.3) is 0 Å². The van der Waals surface area contributed by atoms with E-state index in [1.54, 1.807) is 0 Å². The minimum atomic E-state index is 1.06. The summed E-state index contributed by atoms with van der Waals surface area (Å²) in [5, 5.41) is 1.87. The molecule has 1 saturated heterocycles. The van der Waals surface area contributed by atoms with Crippen molar-refractivity contribution in [2.45, 2.75) is 0 Å². The van der Waals surface area contributed by atoms with E-state index in [0.717, 1.165) is 13.1 Å². The van der Waals surface area contributed by atoms with Gasteiger partial charge in [0.2, 0.25) is 0 Å². The molecule has 0 aromatic rings. The number of thioether (sulfide) groups is 1. The van der Waals surface area contributed by atoms with E-state index in [0.29, 0.717) is 0 Å². The minimum Gasteiger partial charge on any atom is -0.269 e. The molecule has 42 valence electrons. The van der Waals surface area contributed by atoms with Gasteiger partial charge in [-0.15, -0.1) is 0 Å². The van der Waals surface area contributed by atoms with E-state index in [1.165, 1.54) is 11.5 Å². The summed E-state index contributed by atoms with van der Waals surface area (Å²) in [5.74, 6) is 7.86. The van der Waals surface area contributed by atoms with Crippen molar-refractivity contribution in [2.24, 2.45) is 5.84 Å². The smallest absolute Gasteiger partial charge is 0.0219 e.